The number of nitro benzene ring substituents is 1. The molecule has 2 rings (SSSR count). The van der Waals surface area contributed by atoms with E-state index < -0.39 is 10.9 Å². The molecule has 21 heavy (non-hydrogen) atoms. The van der Waals surface area contributed by atoms with Crippen molar-refractivity contribution in [3.8, 4) is 5.75 Å². The summed E-state index contributed by atoms with van der Waals surface area (Å²) in [5.41, 5.74) is 0.483. The molecule has 0 fully saturated rings. The number of nitro groups is 1. The fourth-order valence-corrected chi connectivity index (χ4v) is 1.75. The molecule has 0 amide bonds. The summed E-state index contributed by atoms with van der Waals surface area (Å²) in [6.07, 6.45) is 2.62. The van der Waals surface area contributed by atoms with E-state index in [0.29, 0.717) is 10.6 Å². The lowest BCUT2D eigenvalue weighted by atomic mass is 10.2. The molecule has 5 nitrogen and oxygen atoms in total. The highest BCUT2D eigenvalue weighted by molar-refractivity contribution is 6.32. The van der Waals surface area contributed by atoms with Gasteiger partial charge in [0.2, 0.25) is 0 Å². The maximum atomic E-state index is 11.7. The van der Waals surface area contributed by atoms with E-state index in [-0.39, 0.29) is 11.4 Å². The summed E-state index contributed by atoms with van der Waals surface area (Å²) in [7, 11) is 0. The van der Waals surface area contributed by atoms with Crippen molar-refractivity contribution >= 4 is 29.3 Å². The van der Waals surface area contributed by atoms with E-state index in [1.807, 2.05) is 0 Å². The highest BCUT2D eigenvalue weighted by Crippen LogP contribution is 2.23. The highest BCUT2D eigenvalue weighted by atomic mass is 35.5. The number of ether oxygens (including phenoxy) is 1. The summed E-state index contributed by atoms with van der Waals surface area (Å²) in [6, 6.07) is 12.5. The number of hydrogen-bond donors (Lipinski definition) is 0. The zero-order valence-electron chi connectivity index (χ0n) is 10.7. The van der Waals surface area contributed by atoms with E-state index in [1.54, 1.807) is 30.3 Å². The van der Waals surface area contributed by atoms with Crippen molar-refractivity contribution in [2.24, 2.45) is 0 Å². The molecule has 6 heteroatoms. The van der Waals surface area contributed by atoms with Gasteiger partial charge in [-0.05, 0) is 23.8 Å². The van der Waals surface area contributed by atoms with Crippen LogP contribution in [0.3, 0.4) is 0 Å². The van der Waals surface area contributed by atoms with Crippen molar-refractivity contribution < 1.29 is 14.5 Å². The first-order chi connectivity index (χ1) is 10.1. The fourth-order valence-electron chi connectivity index (χ4n) is 1.58. The molecule has 0 aromatic heterocycles. The first-order valence-electron chi connectivity index (χ1n) is 5.95. The van der Waals surface area contributed by atoms with Crippen LogP contribution in [0.25, 0.3) is 6.08 Å². The van der Waals surface area contributed by atoms with Crippen LogP contribution in [-0.4, -0.2) is 10.9 Å². The minimum atomic E-state index is -0.616. The molecule has 0 saturated heterocycles. The second-order valence-corrected chi connectivity index (χ2v) is 4.44. The Bertz CT molecular complexity index is 712. The summed E-state index contributed by atoms with van der Waals surface area (Å²) in [5, 5.41) is 11.0. The van der Waals surface area contributed by atoms with Crippen LogP contribution < -0.4 is 4.74 Å². The summed E-state index contributed by atoms with van der Waals surface area (Å²) >= 11 is 5.86. The fraction of sp³-hybridized carbons (Fsp3) is 0. The predicted molar refractivity (Wildman–Crippen MR) is 79.2 cm³/mol. The van der Waals surface area contributed by atoms with E-state index >= 15 is 0 Å². The number of halogens is 1. The van der Waals surface area contributed by atoms with Crippen molar-refractivity contribution in [2.45, 2.75) is 0 Å². The number of rotatable bonds is 4. The standard InChI is InChI=1S/C15H10ClNO4/c16-13-6-1-2-7-14(13)21-15(18)9-8-11-4-3-5-12(10-11)17(19)20/h1-10H/b9-8+. The van der Waals surface area contributed by atoms with E-state index in [9.17, 15) is 14.9 Å². The second kappa shape index (κ2) is 6.67. The molecule has 0 atom stereocenters. The van der Waals surface area contributed by atoms with Gasteiger partial charge in [0, 0.05) is 18.2 Å². The molecule has 0 radical (unpaired) electrons. The molecule has 0 N–H and O–H groups in total. The molecule has 0 heterocycles. The van der Waals surface area contributed by atoms with Gasteiger partial charge in [0.25, 0.3) is 5.69 Å². The van der Waals surface area contributed by atoms with Crippen molar-refractivity contribution in [3.63, 3.8) is 0 Å². The minimum Gasteiger partial charge on any atom is -0.422 e. The number of nitrogens with zero attached hydrogens (tertiary/aromatic N) is 1. The maximum absolute atomic E-state index is 11.7. The van der Waals surface area contributed by atoms with Gasteiger partial charge in [-0.25, -0.2) is 4.79 Å². The van der Waals surface area contributed by atoms with Gasteiger partial charge in [0.15, 0.2) is 0 Å². The van der Waals surface area contributed by atoms with Crippen LogP contribution in [0.4, 0.5) is 5.69 Å². The zero-order valence-corrected chi connectivity index (χ0v) is 11.5. The number of esters is 1. The highest BCUT2D eigenvalue weighted by Gasteiger charge is 2.06. The molecular weight excluding hydrogens is 294 g/mol. The molecule has 0 aliphatic heterocycles. The zero-order chi connectivity index (χ0) is 15.2. The van der Waals surface area contributed by atoms with Crippen LogP contribution in [0, 0.1) is 10.1 Å². The number of carbonyl (C=O) groups excluding carboxylic acids is 1. The van der Waals surface area contributed by atoms with Gasteiger partial charge in [-0.15, -0.1) is 0 Å². The number of para-hydroxylation sites is 1. The number of hydrogen-bond acceptors (Lipinski definition) is 4. The van der Waals surface area contributed by atoms with E-state index in [2.05, 4.69) is 0 Å². The Kier molecular flexibility index (Phi) is 4.68. The lowest BCUT2D eigenvalue weighted by Gasteiger charge is -2.02. The third-order valence-corrected chi connectivity index (χ3v) is 2.85. The third-order valence-electron chi connectivity index (χ3n) is 2.54. The monoisotopic (exact) mass is 303 g/mol. The Morgan fingerprint density at radius 1 is 1.19 bits per heavy atom. The quantitative estimate of drug-likeness (QED) is 0.283. The van der Waals surface area contributed by atoms with Crippen LogP contribution >= 0.6 is 11.6 Å². The molecule has 0 saturated carbocycles. The average Bonchev–Trinajstić information content (AvgIpc) is 2.48. The molecule has 0 bridgehead atoms. The van der Waals surface area contributed by atoms with Crippen molar-refractivity contribution in [1.82, 2.24) is 0 Å². The van der Waals surface area contributed by atoms with Crippen molar-refractivity contribution in [3.05, 3.63) is 75.3 Å². The van der Waals surface area contributed by atoms with Crippen LogP contribution in [-0.2, 0) is 4.79 Å². The molecule has 0 unspecified atom stereocenters. The van der Waals surface area contributed by atoms with Crippen molar-refractivity contribution in [2.75, 3.05) is 0 Å². The largest absolute Gasteiger partial charge is 0.422 e. The van der Waals surface area contributed by atoms with Gasteiger partial charge >= 0.3 is 5.97 Å². The Balaban J connectivity index is 2.07. The van der Waals surface area contributed by atoms with E-state index in [0.717, 1.165) is 0 Å². The van der Waals surface area contributed by atoms with E-state index in [1.165, 1.54) is 30.4 Å². The van der Waals surface area contributed by atoms with Crippen LogP contribution in [0.15, 0.2) is 54.6 Å². The molecule has 0 spiro atoms. The van der Waals surface area contributed by atoms with Gasteiger partial charge in [0.1, 0.15) is 5.75 Å². The molecule has 106 valence electrons. The Labute approximate surface area is 125 Å². The second-order valence-electron chi connectivity index (χ2n) is 4.04. The smallest absolute Gasteiger partial charge is 0.336 e. The normalized spacial score (nSPS) is 10.5. The molecule has 0 aliphatic rings. The molecule has 2 aromatic carbocycles. The molecule has 2 aromatic rings. The predicted octanol–water partition coefficient (Wildman–Crippen LogP) is 3.87. The van der Waals surface area contributed by atoms with Gasteiger partial charge < -0.3 is 4.74 Å². The van der Waals surface area contributed by atoms with E-state index in [4.69, 9.17) is 16.3 Å². The summed E-state index contributed by atoms with van der Waals surface area (Å²) in [6.45, 7) is 0. The molecular formula is C15H10ClNO4. The lowest BCUT2D eigenvalue weighted by Crippen LogP contribution is -2.03. The SMILES string of the molecule is O=C(/C=C/c1cccc([N+](=O)[O-])c1)Oc1ccccc1Cl. The number of benzene rings is 2. The topological polar surface area (TPSA) is 69.4 Å². The summed E-state index contributed by atoms with van der Waals surface area (Å²) in [4.78, 5) is 21.8. The Hall–Kier alpha value is -2.66. The van der Waals surface area contributed by atoms with Crippen LogP contribution in [0.1, 0.15) is 5.56 Å². The van der Waals surface area contributed by atoms with Gasteiger partial charge in [0.05, 0.1) is 9.95 Å². The first kappa shape index (κ1) is 14.7. The first-order valence-corrected chi connectivity index (χ1v) is 6.33. The maximum Gasteiger partial charge on any atom is 0.336 e. The molecule has 0 aliphatic carbocycles. The summed E-state index contributed by atoms with van der Waals surface area (Å²) in [5.74, 6) is -0.359. The van der Waals surface area contributed by atoms with Crippen LogP contribution in [0.5, 0.6) is 5.75 Å². The van der Waals surface area contributed by atoms with Gasteiger partial charge in [-0.3, -0.25) is 10.1 Å². The van der Waals surface area contributed by atoms with Crippen molar-refractivity contribution in [1.29, 1.82) is 0 Å². The third kappa shape index (κ3) is 4.15. The number of non-ortho nitro benzene ring substituents is 1. The van der Waals surface area contributed by atoms with Gasteiger partial charge in [-0.2, -0.15) is 0 Å². The minimum absolute atomic E-state index is 0.0448. The number of carbonyl (C=O) groups is 1. The Morgan fingerprint density at radius 3 is 2.67 bits per heavy atom. The Morgan fingerprint density at radius 2 is 1.95 bits per heavy atom. The lowest BCUT2D eigenvalue weighted by molar-refractivity contribution is -0.384. The van der Waals surface area contributed by atoms with Gasteiger partial charge in [-0.1, -0.05) is 35.9 Å². The van der Waals surface area contributed by atoms with Crippen LogP contribution in [0.2, 0.25) is 5.02 Å². The summed E-state index contributed by atoms with van der Waals surface area (Å²) < 4.78 is 5.05. The average molecular weight is 304 g/mol.